The highest BCUT2D eigenvalue weighted by Crippen LogP contribution is 2.34. The lowest BCUT2D eigenvalue weighted by atomic mass is 10.0. The first-order valence-corrected chi connectivity index (χ1v) is 6.40. The van der Waals surface area contributed by atoms with E-state index in [9.17, 15) is 4.79 Å². The molecule has 0 amide bonds. The van der Waals surface area contributed by atoms with Crippen molar-refractivity contribution in [3.8, 4) is 5.75 Å². The topological polar surface area (TPSA) is 35.5 Å². The van der Waals surface area contributed by atoms with Gasteiger partial charge < -0.3 is 9.47 Å². The van der Waals surface area contributed by atoms with E-state index >= 15 is 0 Å². The molecule has 20 heavy (non-hydrogen) atoms. The number of fused-ring (bicyclic) bond motifs is 1. The predicted octanol–water partition coefficient (Wildman–Crippen LogP) is 3.62. The van der Waals surface area contributed by atoms with Crippen LogP contribution < -0.4 is 4.74 Å². The summed E-state index contributed by atoms with van der Waals surface area (Å²) in [5, 5.41) is 0. The number of benzene rings is 2. The number of methoxy groups -OCH3 is 1. The fraction of sp³-hybridized carbons (Fsp3) is 0.118. The van der Waals surface area contributed by atoms with Gasteiger partial charge in [0.05, 0.1) is 12.7 Å². The SMILES string of the molecule is COc1ccc2c(c1)C(=O)OC2/C=C/c1ccccc1. The van der Waals surface area contributed by atoms with Gasteiger partial charge in [0, 0.05) is 5.56 Å². The van der Waals surface area contributed by atoms with Gasteiger partial charge in [-0.15, -0.1) is 0 Å². The lowest BCUT2D eigenvalue weighted by Crippen LogP contribution is -1.95. The smallest absolute Gasteiger partial charge is 0.339 e. The Bertz CT molecular complexity index is 659. The molecule has 0 fully saturated rings. The minimum atomic E-state index is -0.330. The minimum absolute atomic E-state index is 0.304. The molecule has 1 heterocycles. The average molecular weight is 266 g/mol. The fourth-order valence-electron chi connectivity index (χ4n) is 2.24. The van der Waals surface area contributed by atoms with Gasteiger partial charge in [0.15, 0.2) is 0 Å². The number of cyclic esters (lactones) is 1. The molecule has 0 N–H and O–H groups in total. The lowest BCUT2D eigenvalue weighted by molar-refractivity contribution is 0.0468. The molecule has 3 nitrogen and oxygen atoms in total. The second-order valence-corrected chi connectivity index (χ2v) is 4.55. The van der Waals surface area contributed by atoms with Gasteiger partial charge in [-0.1, -0.05) is 42.5 Å². The van der Waals surface area contributed by atoms with Crippen LogP contribution in [0.15, 0.2) is 54.6 Å². The van der Waals surface area contributed by atoms with Crippen LogP contribution in [0.5, 0.6) is 5.75 Å². The number of carbonyl (C=O) groups is 1. The Morgan fingerprint density at radius 1 is 1.15 bits per heavy atom. The van der Waals surface area contributed by atoms with E-state index < -0.39 is 0 Å². The van der Waals surface area contributed by atoms with Crippen molar-refractivity contribution in [3.05, 3.63) is 71.3 Å². The Balaban J connectivity index is 1.88. The van der Waals surface area contributed by atoms with E-state index in [0.717, 1.165) is 11.1 Å². The van der Waals surface area contributed by atoms with Crippen molar-refractivity contribution >= 4 is 12.0 Å². The summed E-state index contributed by atoms with van der Waals surface area (Å²) in [6.07, 6.45) is 3.52. The van der Waals surface area contributed by atoms with Gasteiger partial charge in [-0.05, 0) is 23.8 Å². The third kappa shape index (κ3) is 2.30. The highest BCUT2D eigenvalue weighted by Gasteiger charge is 2.29. The summed E-state index contributed by atoms with van der Waals surface area (Å²) in [5.74, 6) is 0.356. The minimum Gasteiger partial charge on any atom is -0.497 e. The molecule has 3 rings (SSSR count). The molecule has 0 aromatic heterocycles. The van der Waals surface area contributed by atoms with E-state index in [1.54, 1.807) is 13.2 Å². The molecular weight excluding hydrogens is 252 g/mol. The fourth-order valence-corrected chi connectivity index (χ4v) is 2.24. The molecule has 0 saturated carbocycles. The third-order valence-corrected chi connectivity index (χ3v) is 3.28. The molecule has 0 radical (unpaired) electrons. The molecule has 0 spiro atoms. The molecule has 0 bridgehead atoms. The van der Waals surface area contributed by atoms with Gasteiger partial charge in [-0.25, -0.2) is 4.79 Å². The Kier molecular flexibility index (Phi) is 3.25. The maximum Gasteiger partial charge on any atom is 0.339 e. The number of esters is 1. The van der Waals surface area contributed by atoms with Gasteiger partial charge in [-0.2, -0.15) is 0 Å². The molecule has 0 saturated heterocycles. The first kappa shape index (κ1) is 12.5. The van der Waals surface area contributed by atoms with Crippen LogP contribution in [0.4, 0.5) is 0 Å². The number of carbonyl (C=O) groups excluding carboxylic acids is 1. The summed E-state index contributed by atoms with van der Waals surface area (Å²) in [7, 11) is 1.58. The Morgan fingerprint density at radius 2 is 1.95 bits per heavy atom. The summed E-state index contributed by atoms with van der Waals surface area (Å²) in [6, 6.07) is 15.3. The molecular formula is C17H14O3. The first-order chi connectivity index (χ1) is 9.78. The molecule has 0 aliphatic carbocycles. The molecule has 1 atom stereocenters. The average Bonchev–Trinajstić information content (AvgIpc) is 2.82. The van der Waals surface area contributed by atoms with Crippen molar-refractivity contribution in [3.63, 3.8) is 0 Å². The summed E-state index contributed by atoms with van der Waals surface area (Å²) >= 11 is 0. The zero-order valence-corrected chi connectivity index (χ0v) is 11.1. The zero-order valence-electron chi connectivity index (χ0n) is 11.1. The molecule has 2 aromatic carbocycles. The lowest BCUT2D eigenvalue weighted by Gasteiger charge is -2.05. The van der Waals surface area contributed by atoms with E-state index in [1.165, 1.54) is 0 Å². The number of hydrogen-bond donors (Lipinski definition) is 0. The second kappa shape index (κ2) is 5.21. The van der Waals surface area contributed by atoms with Crippen LogP contribution in [-0.2, 0) is 4.74 Å². The maximum absolute atomic E-state index is 11.8. The van der Waals surface area contributed by atoms with Crippen LogP contribution in [0.25, 0.3) is 6.08 Å². The summed E-state index contributed by atoms with van der Waals surface area (Å²) in [5.41, 5.74) is 2.53. The zero-order chi connectivity index (χ0) is 13.9. The Hall–Kier alpha value is -2.55. The monoisotopic (exact) mass is 266 g/mol. The maximum atomic E-state index is 11.8. The first-order valence-electron chi connectivity index (χ1n) is 6.40. The van der Waals surface area contributed by atoms with Crippen LogP contribution in [0.2, 0.25) is 0 Å². The molecule has 1 aliphatic heterocycles. The van der Waals surface area contributed by atoms with Crippen molar-refractivity contribution in [1.82, 2.24) is 0 Å². The standard InChI is InChI=1S/C17H14O3/c1-19-13-8-9-14-15(11-13)17(18)20-16(14)10-7-12-5-3-2-4-6-12/h2-11,16H,1H3/b10-7+. The van der Waals surface area contributed by atoms with Crippen LogP contribution in [-0.4, -0.2) is 13.1 Å². The van der Waals surface area contributed by atoms with Crippen LogP contribution in [0.1, 0.15) is 27.6 Å². The largest absolute Gasteiger partial charge is 0.497 e. The van der Waals surface area contributed by atoms with E-state index in [0.29, 0.717) is 11.3 Å². The van der Waals surface area contributed by atoms with Crippen LogP contribution in [0, 0.1) is 0 Å². The Labute approximate surface area is 117 Å². The normalized spacial score (nSPS) is 17.1. The molecule has 1 aliphatic rings. The van der Waals surface area contributed by atoms with E-state index in [2.05, 4.69) is 0 Å². The highest BCUT2D eigenvalue weighted by atomic mass is 16.5. The van der Waals surface area contributed by atoms with Crippen LogP contribution >= 0.6 is 0 Å². The number of rotatable bonds is 3. The quantitative estimate of drug-likeness (QED) is 0.796. The second-order valence-electron chi connectivity index (χ2n) is 4.55. The van der Waals surface area contributed by atoms with Gasteiger partial charge in [0.25, 0.3) is 0 Å². The van der Waals surface area contributed by atoms with E-state index in [-0.39, 0.29) is 12.1 Å². The molecule has 3 heteroatoms. The van der Waals surface area contributed by atoms with Gasteiger partial charge in [0.1, 0.15) is 11.9 Å². The Morgan fingerprint density at radius 3 is 2.70 bits per heavy atom. The predicted molar refractivity (Wildman–Crippen MR) is 76.6 cm³/mol. The summed E-state index contributed by atoms with van der Waals surface area (Å²) in [4.78, 5) is 11.8. The van der Waals surface area contributed by atoms with Crippen molar-refractivity contribution in [2.75, 3.05) is 7.11 Å². The van der Waals surface area contributed by atoms with Crippen molar-refractivity contribution in [1.29, 1.82) is 0 Å². The van der Waals surface area contributed by atoms with Gasteiger partial charge in [-0.3, -0.25) is 0 Å². The summed E-state index contributed by atoms with van der Waals surface area (Å²) < 4.78 is 10.5. The number of ether oxygens (including phenoxy) is 2. The molecule has 1 unspecified atom stereocenters. The summed E-state index contributed by atoms with van der Waals surface area (Å²) in [6.45, 7) is 0. The van der Waals surface area contributed by atoms with Gasteiger partial charge in [0.2, 0.25) is 0 Å². The van der Waals surface area contributed by atoms with Crippen molar-refractivity contribution < 1.29 is 14.3 Å². The van der Waals surface area contributed by atoms with Crippen LogP contribution in [0.3, 0.4) is 0 Å². The molecule has 100 valence electrons. The van der Waals surface area contributed by atoms with Crippen molar-refractivity contribution in [2.24, 2.45) is 0 Å². The highest BCUT2D eigenvalue weighted by molar-refractivity contribution is 5.95. The van der Waals surface area contributed by atoms with Crippen molar-refractivity contribution in [2.45, 2.75) is 6.10 Å². The van der Waals surface area contributed by atoms with Gasteiger partial charge >= 0.3 is 5.97 Å². The van der Waals surface area contributed by atoms with E-state index in [1.807, 2.05) is 54.6 Å². The number of hydrogen-bond acceptors (Lipinski definition) is 3. The van der Waals surface area contributed by atoms with E-state index in [4.69, 9.17) is 9.47 Å². The third-order valence-electron chi connectivity index (χ3n) is 3.28. The molecule has 2 aromatic rings.